The number of aliphatic hydroxyl groups is 1. The number of benzene rings is 1. The highest BCUT2D eigenvalue weighted by molar-refractivity contribution is 6.04. The molecule has 0 aliphatic rings. The number of pyridine rings is 2. The van der Waals surface area contributed by atoms with Gasteiger partial charge < -0.3 is 10.4 Å². The first-order valence-corrected chi connectivity index (χ1v) is 8.41. The van der Waals surface area contributed by atoms with E-state index in [1.165, 1.54) is 0 Å². The van der Waals surface area contributed by atoms with Crippen molar-refractivity contribution < 1.29 is 9.90 Å². The topological polar surface area (TPSA) is 75.1 Å². The third-order valence-corrected chi connectivity index (χ3v) is 4.30. The molecule has 0 bridgehead atoms. The van der Waals surface area contributed by atoms with Crippen molar-refractivity contribution in [1.82, 2.24) is 9.97 Å². The lowest BCUT2D eigenvalue weighted by atomic mass is 10.1. The predicted octanol–water partition coefficient (Wildman–Crippen LogP) is 3.81. The van der Waals surface area contributed by atoms with Gasteiger partial charge in [0, 0.05) is 11.8 Å². The Morgan fingerprint density at radius 1 is 1.08 bits per heavy atom. The fraction of sp³-hybridized carbons (Fsp3) is 0.190. The molecule has 0 unspecified atom stereocenters. The Morgan fingerprint density at radius 3 is 2.62 bits per heavy atom. The van der Waals surface area contributed by atoms with Gasteiger partial charge in [0.2, 0.25) is 0 Å². The quantitative estimate of drug-likeness (QED) is 0.752. The highest BCUT2D eigenvalue weighted by Crippen LogP contribution is 2.22. The molecular weight excluding hydrogens is 326 g/mol. The Hall–Kier alpha value is -3.05. The summed E-state index contributed by atoms with van der Waals surface area (Å²) in [7, 11) is 0. The molecule has 3 aromatic rings. The second-order valence-electron chi connectivity index (χ2n) is 6.26. The number of aromatic nitrogens is 2. The van der Waals surface area contributed by atoms with Crippen LogP contribution in [0.5, 0.6) is 0 Å². The molecule has 5 heteroatoms. The summed E-state index contributed by atoms with van der Waals surface area (Å²) in [6, 6.07) is 13.1. The molecule has 0 spiro atoms. The van der Waals surface area contributed by atoms with E-state index in [1.807, 2.05) is 63.2 Å². The summed E-state index contributed by atoms with van der Waals surface area (Å²) in [5, 5.41) is 12.3. The van der Waals surface area contributed by atoms with Crippen molar-refractivity contribution in [2.75, 3.05) is 5.32 Å². The standard InChI is InChI=1S/C21H21N3O2/c1-13-7-8-18(17-6-4-5-16(11-17)12-25)23-20(13)21(26)24-19-14(2)9-10-22-15(19)3/h4-11,25H,12H2,1-3H3,(H,24,26). The van der Waals surface area contributed by atoms with Crippen molar-refractivity contribution in [3.05, 3.63) is 76.7 Å². The average Bonchev–Trinajstić information content (AvgIpc) is 2.65. The molecule has 26 heavy (non-hydrogen) atoms. The molecule has 0 saturated carbocycles. The van der Waals surface area contributed by atoms with Crippen molar-refractivity contribution in [2.45, 2.75) is 27.4 Å². The van der Waals surface area contributed by atoms with Gasteiger partial charge >= 0.3 is 0 Å². The smallest absolute Gasteiger partial charge is 0.274 e. The lowest BCUT2D eigenvalue weighted by Gasteiger charge is -2.12. The van der Waals surface area contributed by atoms with Crippen LogP contribution < -0.4 is 5.32 Å². The van der Waals surface area contributed by atoms with Crippen LogP contribution in [0.25, 0.3) is 11.3 Å². The van der Waals surface area contributed by atoms with E-state index in [0.717, 1.165) is 27.9 Å². The molecule has 1 amide bonds. The summed E-state index contributed by atoms with van der Waals surface area (Å²) in [4.78, 5) is 21.6. The lowest BCUT2D eigenvalue weighted by molar-refractivity contribution is 0.102. The minimum Gasteiger partial charge on any atom is -0.392 e. The first kappa shape index (κ1) is 17.8. The van der Waals surface area contributed by atoms with Crippen molar-refractivity contribution >= 4 is 11.6 Å². The van der Waals surface area contributed by atoms with Crippen molar-refractivity contribution in [3.63, 3.8) is 0 Å². The van der Waals surface area contributed by atoms with Gasteiger partial charge in [-0.25, -0.2) is 4.98 Å². The van der Waals surface area contributed by atoms with Crippen LogP contribution in [0.2, 0.25) is 0 Å². The maximum atomic E-state index is 12.8. The Kier molecular flexibility index (Phi) is 5.09. The number of aliphatic hydroxyl groups excluding tert-OH is 1. The molecule has 0 radical (unpaired) electrons. The number of rotatable bonds is 4. The van der Waals surface area contributed by atoms with Crippen LogP contribution in [0.3, 0.4) is 0 Å². The van der Waals surface area contributed by atoms with E-state index < -0.39 is 0 Å². The second-order valence-corrected chi connectivity index (χ2v) is 6.26. The van der Waals surface area contributed by atoms with Gasteiger partial charge in [0.1, 0.15) is 5.69 Å². The second kappa shape index (κ2) is 7.45. The fourth-order valence-electron chi connectivity index (χ4n) is 2.80. The number of anilines is 1. The van der Waals surface area contributed by atoms with Gasteiger partial charge in [-0.1, -0.05) is 24.3 Å². The number of hydrogen-bond acceptors (Lipinski definition) is 4. The zero-order valence-corrected chi connectivity index (χ0v) is 15.1. The normalized spacial score (nSPS) is 10.6. The van der Waals surface area contributed by atoms with Gasteiger partial charge in [-0.2, -0.15) is 0 Å². The Bertz CT molecular complexity index is 947. The summed E-state index contributed by atoms with van der Waals surface area (Å²) in [5.74, 6) is -0.262. The van der Waals surface area contributed by atoms with Crippen LogP contribution in [-0.4, -0.2) is 21.0 Å². The predicted molar refractivity (Wildman–Crippen MR) is 102 cm³/mol. The third kappa shape index (κ3) is 3.63. The van der Waals surface area contributed by atoms with Gasteiger partial charge in [0.15, 0.2) is 0 Å². The van der Waals surface area contributed by atoms with Gasteiger partial charge in [-0.15, -0.1) is 0 Å². The molecule has 2 aromatic heterocycles. The van der Waals surface area contributed by atoms with Crippen LogP contribution in [0, 0.1) is 20.8 Å². The van der Waals surface area contributed by atoms with E-state index in [9.17, 15) is 9.90 Å². The molecule has 0 aliphatic heterocycles. The van der Waals surface area contributed by atoms with Gasteiger partial charge in [-0.05, 0) is 55.7 Å². The molecule has 1 aromatic carbocycles. The summed E-state index contributed by atoms with van der Waals surface area (Å²) < 4.78 is 0. The molecule has 0 fully saturated rings. The number of nitrogens with zero attached hydrogens (tertiary/aromatic N) is 2. The minimum atomic E-state index is -0.262. The van der Waals surface area contributed by atoms with Crippen molar-refractivity contribution in [3.8, 4) is 11.3 Å². The Labute approximate surface area is 152 Å². The van der Waals surface area contributed by atoms with Crippen LogP contribution >= 0.6 is 0 Å². The van der Waals surface area contributed by atoms with Crippen molar-refractivity contribution in [1.29, 1.82) is 0 Å². The molecule has 3 rings (SSSR count). The first-order valence-electron chi connectivity index (χ1n) is 8.41. The van der Waals surface area contributed by atoms with Crippen LogP contribution in [0.4, 0.5) is 5.69 Å². The number of amides is 1. The van der Waals surface area contributed by atoms with Crippen LogP contribution in [0.1, 0.15) is 32.9 Å². The molecule has 0 aliphatic carbocycles. The lowest BCUT2D eigenvalue weighted by Crippen LogP contribution is -2.17. The number of carbonyl (C=O) groups is 1. The highest BCUT2D eigenvalue weighted by atomic mass is 16.3. The van der Waals surface area contributed by atoms with E-state index in [4.69, 9.17) is 0 Å². The maximum absolute atomic E-state index is 12.8. The number of nitrogens with one attached hydrogen (secondary N) is 1. The summed E-state index contributed by atoms with van der Waals surface area (Å²) in [5.41, 5.74) is 5.96. The van der Waals surface area contributed by atoms with E-state index in [0.29, 0.717) is 17.1 Å². The SMILES string of the molecule is Cc1ccc(-c2cccc(CO)c2)nc1C(=O)Nc1c(C)ccnc1C. The Morgan fingerprint density at radius 2 is 1.88 bits per heavy atom. The summed E-state index contributed by atoms with van der Waals surface area (Å²) in [6.07, 6.45) is 1.72. The highest BCUT2D eigenvalue weighted by Gasteiger charge is 2.15. The first-order chi connectivity index (χ1) is 12.5. The van der Waals surface area contributed by atoms with E-state index in [1.54, 1.807) is 6.20 Å². The molecule has 0 atom stereocenters. The third-order valence-electron chi connectivity index (χ3n) is 4.30. The van der Waals surface area contributed by atoms with E-state index >= 15 is 0 Å². The van der Waals surface area contributed by atoms with Gasteiger partial charge in [0.25, 0.3) is 5.91 Å². The van der Waals surface area contributed by atoms with E-state index in [2.05, 4.69) is 15.3 Å². The molecule has 0 saturated heterocycles. The maximum Gasteiger partial charge on any atom is 0.274 e. The monoisotopic (exact) mass is 347 g/mol. The molecule has 5 nitrogen and oxygen atoms in total. The van der Waals surface area contributed by atoms with Gasteiger partial charge in [-0.3, -0.25) is 9.78 Å². The Balaban J connectivity index is 1.96. The molecule has 2 heterocycles. The van der Waals surface area contributed by atoms with Gasteiger partial charge in [0.05, 0.1) is 23.7 Å². The zero-order chi connectivity index (χ0) is 18.7. The van der Waals surface area contributed by atoms with Crippen molar-refractivity contribution in [2.24, 2.45) is 0 Å². The average molecular weight is 347 g/mol. The van der Waals surface area contributed by atoms with Crippen LogP contribution in [0.15, 0.2) is 48.7 Å². The largest absolute Gasteiger partial charge is 0.392 e. The van der Waals surface area contributed by atoms with E-state index in [-0.39, 0.29) is 12.5 Å². The van der Waals surface area contributed by atoms with Crippen LogP contribution in [-0.2, 0) is 6.61 Å². The molecule has 132 valence electrons. The fourth-order valence-corrected chi connectivity index (χ4v) is 2.80. The number of carbonyl (C=O) groups excluding carboxylic acids is 1. The zero-order valence-electron chi connectivity index (χ0n) is 15.1. The minimum absolute atomic E-state index is 0.0351. The number of hydrogen-bond donors (Lipinski definition) is 2. The summed E-state index contributed by atoms with van der Waals surface area (Å²) >= 11 is 0. The number of aryl methyl sites for hydroxylation is 3. The summed E-state index contributed by atoms with van der Waals surface area (Å²) in [6.45, 7) is 5.62. The molecule has 2 N–H and O–H groups in total. The molecular formula is C21H21N3O2.